The number of nitriles is 1. The predicted molar refractivity (Wildman–Crippen MR) is 107 cm³/mol. The van der Waals surface area contributed by atoms with Gasteiger partial charge in [0, 0.05) is 12.7 Å². The quantitative estimate of drug-likeness (QED) is 0.866. The van der Waals surface area contributed by atoms with Gasteiger partial charge in [-0.25, -0.2) is 0 Å². The molecule has 1 aliphatic heterocycles. The molecule has 138 valence electrons. The van der Waals surface area contributed by atoms with E-state index in [1.54, 1.807) is 11.0 Å². The van der Waals surface area contributed by atoms with E-state index in [2.05, 4.69) is 24.9 Å². The average molecular weight is 360 g/mol. The first-order valence-electron chi connectivity index (χ1n) is 8.93. The minimum absolute atomic E-state index is 0.110. The Hall–Kier alpha value is -3.26. The lowest BCUT2D eigenvalue weighted by Crippen LogP contribution is -2.58. The second-order valence-electron chi connectivity index (χ2n) is 6.85. The molecule has 2 aromatic carbocycles. The zero-order valence-electron chi connectivity index (χ0n) is 15.9. The summed E-state index contributed by atoms with van der Waals surface area (Å²) in [7, 11) is 1.84. The molecule has 2 aromatic rings. The number of likely N-dealkylation sites (N-methyl/N-ethyl adjacent to an activating group) is 1. The number of nitrogens with one attached hydrogen (secondary N) is 2. The normalized spacial score (nSPS) is 22.1. The van der Waals surface area contributed by atoms with Gasteiger partial charge in [-0.1, -0.05) is 30.8 Å². The average Bonchev–Trinajstić information content (AvgIpc) is 2.68. The standard InChI is InChI=1S/C22H24N4O/c1-5-27-19-11-9-17(10-12-19)20-15(2)26(4)21(24)25-22(20,3)18-8-6-7-16(13-18)14-23/h6-13,20H,2,5H2,1,3-4H3,(H2,24,25)/t20-,22+/m0/s1. The van der Waals surface area contributed by atoms with Gasteiger partial charge in [-0.2, -0.15) is 5.26 Å². The fourth-order valence-corrected chi connectivity index (χ4v) is 3.67. The number of hydrogen-bond donors (Lipinski definition) is 2. The summed E-state index contributed by atoms with van der Waals surface area (Å²) >= 11 is 0. The molecule has 1 heterocycles. The lowest BCUT2D eigenvalue weighted by atomic mass is 9.72. The second kappa shape index (κ2) is 7.16. The highest BCUT2D eigenvalue weighted by Gasteiger charge is 2.45. The maximum absolute atomic E-state index is 9.30. The molecule has 2 atom stereocenters. The maximum atomic E-state index is 9.30. The van der Waals surface area contributed by atoms with E-state index in [-0.39, 0.29) is 11.9 Å². The molecular weight excluding hydrogens is 336 g/mol. The van der Waals surface area contributed by atoms with Gasteiger partial charge in [-0.3, -0.25) is 5.41 Å². The van der Waals surface area contributed by atoms with Crippen LogP contribution in [0.3, 0.4) is 0 Å². The van der Waals surface area contributed by atoms with Gasteiger partial charge >= 0.3 is 0 Å². The van der Waals surface area contributed by atoms with Crippen molar-refractivity contribution in [3.05, 3.63) is 77.5 Å². The van der Waals surface area contributed by atoms with Crippen LogP contribution < -0.4 is 10.1 Å². The number of rotatable bonds is 4. The van der Waals surface area contributed by atoms with Crippen molar-refractivity contribution >= 4 is 5.96 Å². The van der Waals surface area contributed by atoms with Gasteiger partial charge in [0.05, 0.1) is 29.7 Å². The molecule has 0 bridgehead atoms. The fraction of sp³-hybridized carbons (Fsp3) is 0.273. The van der Waals surface area contributed by atoms with Crippen LogP contribution in [0.25, 0.3) is 0 Å². The molecule has 5 heteroatoms. The number of ether oxygens (including phenoxy) is 1. The molecule has 27 heavy (non-hydrogen) atoms. The Bertz CT molecular complexity index is 913. The Morgan fingerprint density at radius 1 is 1.30 bits per heavy atom. The lowest BCUT2D eigenvalue weighted by molar-refractivity contribution is 0.292. The molecule has 0 unspecified atom stereocenters. The first-order chi connectivity index (χ1) is 12.9. The van der Waals surface area contributed by atoms with Gasteiger partial charge in [-0.15, -0.1) is 0 Å². The third-order valence-electron chi connectivity index (χ3n) is 5.17. The van der Waals surface area contributed by atoms with Crippen molar-refractivity contribution in [3.63, 3.8) is 0 Å². The highest BCUT2D eigenvalue weighted by atomic mass is 16.5. The van der Waals surface area contributed by atoms with Crippen LogP contribution in [0.2, 0.25) is 0 Å². The van der Waals surface area contributed by atoms with Crippen molar-refractivity contribution in [1.29, 1.82) is 10.7 Å². The Morgan fingerprint density at radius 2 is 2.00 bits per heavy atom. The van der Waals surface area contributed by atoms with Crippen molar-refractivity contribution in [3.8, 4) is 11.8 Å². The summed E-state index contributed by atoms with van der Waals surface area (Å²) in [5.41, 5.74) is 2.82. The van der Waals surface area contributed by atoms with Gasteiger partial charge in [0.1, 0.15) is 5.75 Å². The molecule has 0 amide bonds. The molecule has 2 N–H and O–H groups in total. The van der Waals surface area contributed by atoms with E-state index in [1.807, 2.05) is 56.4 Å². The summed E-state index contributed by atoms with van der Waals surface area (Å²) in [6.07, 6.45) is 0. The maximum Gasteiger partial charge on any atom is 0.195 e. The highest BCUT2D eigenvalue weighted by molar-refractivity contribution is 5.82. The fourth-order valence-electron chi connectivity index (χ4n) is 3.67. The van der Waals surface area contributed by atoms with Crippen LogP contribution in [0, 0.1) is 16.7 Å². The van der Waals surface area contributed by atoms with E-state index in [1.165, 1.54) is 0 Å². The summed E-state index contributed by atoms with van der Waals surface area (Å²) in [6, 6.07) is 17.7. The van der Waals surface area contributed by atoms with E-state index in [0.29, 0.717) is 12.2 Å². The van der Waals surface area contributed by atoms with Crippen LogP contribution in [-0.2, 0) is 5.54 Å². The van der Waals surface area contributed by atoms with E-state index in [4.69, 9.17) is 10.1 Å². The van der Waals surface area contributed by atoms with E-state index in [0.717, 1.165) is 22.6 Å². The van der Waals surface area contributed by atoms with Gasteiger partial charge < -0.3 is 15.0 Å². The van der Waals surface area contributed by atoms with Crippen molar-refractivity contribution in [2.24, 2.45) is 0 Å². The van der Waals surface area contributed by atoms with Gasteiger partial charge in [-0.05, 0) is 49.2 Å². The molecule has 1 saturated heterocycles. The van der Waals surface area contributed by atoms with Crippen LogP contribution in [0.5, 0.6) is 5.75 Å². The summed E-state index contributed by atoms with van der Waals surface area (Å²) in [4.78, 5) is 1.76. The third-order valence-corrected chi connectivity index (χ3v) is 5.17. The number of hydrogen-bond acceptors (Lipinski definition) is 3. The first-order valence-corrected chi connectivity index (χ1v) is 8.93. The first kappa shape index (κ1) is 18.5. The van der Waals surface area contributed by atoms with E-state index < -0.39 is 5.54 Å². The molecule has 0 saturated carbocycles. The summed E-state index contributed by atoms with van der Waals surface area (Å²) in [6.45, 7) is 8.91. The predicted octanol–water partition coefficient (Wildman–Crippen LogP) is 3.94. The number of nitrogens with zero attached hydrogens (tertiary/aromatic N) is 2. The largest absolute Gasteiger partial charge is 0.494 e. The van der Waals surface area contributed by atoms with Crippen LogP contribution in [0.15, 0.2) is 60.8 Å². The SMILES string of the molecule is C=C1[C@@H](c2ccc(OCC)cc2)[C@@](C)(c2cccc(C#N)c2)NC(=N)N1C. The molecule has 0 aliphatic carbocycles. The summed E-state index contributed by atoms with van der Waals surface area (Å²) in [5.74, 6) is 0.998. The minimum Gasteiger partial charge on any atom is -0.494 e. The van der Waals surface area contributed by atoms with Crippen LogP contribution in [0.4, 0.5) is 0 Å². The van der Waals surface area contributed by atoms with Gasteiger partial charge in [0.2, 0.25) is 0 Å². The van der Waals surface area contributed by atoms with E-state index in [9.17, 15) is 5.26 Å². The zero-order chi connectivity index (χ0) is 19.6. The Labute approximate surface area is 160 Å². The summed E-state index contributed by atoms with van der Waals surface area (Å²) in [5, 5.41) is 21.0. The zero-order valence-corrected chi connectivity index (χ0v) is 15.9. The summed E-state index contributed by atoms with van der Waals surface area (Å²) < 4.78 is 5.56. The van der Waals surface area contributed by atoms with Crippen LogP contribution in [-0.4, -0.2) is 24.5 Å². The molecule has 0 radical (unpaired) electrons. The molecule has 0 spiro atoms. The molecule has 3 rings (SSSR count). The van der Waals surface area contributed by atoms with Crippen molar-refractivity contribution < 1.29 is 4.74 Å². The van der Waals surface area contributed by atoms with Crippen molar-refractivity contribution in [2.75, 3.05) is 13.7 Å². The number of benzene rings is 2. The molecular formula is C22H24N4O. The monoisotopic (exact) mass is 360 g/mol. The Morgan fingerprint density at radius 3 is 2.63 bits per heavy atom. The minimum atomic E-state index is -0.610. The lowest BCUT2D eigenvalue weighted by Gasteiger charge is -2.48. The highest BCUT2D eigenvalue weighted by Crippen LogP contribution is 2.45. The van der Waals surface area contributed by atoms with Crippen molar-refractivity contribution in [2.45, 2.75) is 25.3 Å². The second-order valence-corrected chi connectivity index (χ2v) is 6.85. The van der Waals surface area contributed by atoms with Gasteiger partial charge in [0.25, 0.3) is 0 Å². The topological polar surface area (TPSA) is 72.1 Å². The van der Waals surface area contributed by atoms with E-state index >= 15 is 0 Å². The molecule has 1 aliphatic rings. The van der Waals surface area contributed by atoms with Crippen molar-refractivity contribution in [1.82, 2.24) is 10.2 Å². The Balaban J connectivity index is 2.11. The molecule has 5 nitrogen and oxygen atoms in total. The third kappa shape index (κ3) is 3.26. The van der Waals surface area contributed by atoms with Gasteiger partial charge in [0.15, 0.2) is 5.96 Å². The smallest absolute Gasteiger partial charge is 0.195 e. The Kier molecular flexibility index (Phi) is 4.91. The molecule has 0 aromatic heterocycles. The van der Waals surface area contributed by atoms with Crippen LogP contribution >= 0.6 is 0 Å². The molecule has 1 fully saturated rings. The van der Waals surface area contributed by atoms with Crippen LogP contribution in [0.1, 0.15) is 36.5 Å². The number of guanidine groups is 1.